The number of rotatable bonds is 6. The van der Waals surface area contributed by atoms with Gasteiger partial charge < -0.3 is 19.9 Å². The smallest absolute Gasteiger partial charge is 0.328 e. The molecule has 0 saturated carbocycles. The first kappa shape index (κ1) is 21.2. The van der Waals surface area contributed by atoms with Gasteiger partial charge in [0.1, 0.15) is 5.75 Å². The van der Waals surface area contributed by atoms with Crippen LogP contribution >= 0.6 is 0 Å². The van der Waals surface area contributed by atoms with Crippen molar-refractivity contribution in [3.8, 4) is 5.75 Å². The van der Waals surface area contributed by atoms with Gasteiger partial charge in [-0.1, -0.05) is 13.0 Å². The van der Waals surface area contributed by atoms with Gasteiger partial charge in [-0.05, 0) is 43.2 Å². The maximum atomic E-state index is 9.55. The standard InChI is InChI=1S/C17H22N2O.C4H4O4/c1-3-8-19-9-6-13(7-10-19)16-12-18-17-5-4-14(20-2)11-15(16)17;5-3(6)1-2-4(7)8/h4-6,11-12,18H,3,7-10H2,1-2H3;1-2H,(H,5,6)(H,7,8)/b;2-1+. The number of ether oxygens (including phenoxy) is 1. The van der Waals surface area contributed by atoms with Crippen molar-refractivity contribution in [1.29, 1.82) is 0 Å². The Morgan fingerprint density at radius 1 is 1.25 bits per heavy atom. The number of carboxylic acid groups (broad SMARTS) is 2. The molecule has 0 spiro atoms. The molecule has 1 aromatic carbocycles. The fourth-order valence-electron chi connectivity index (χ4n) is 3.11. The number of carboxylic acids is 2. The number of nitrogens with zero attached hydrogens (tertiary/aromatic N) is 1. The summed E-state index contributed by atoms with van der Waals surface area (Å²) in [5.41, 5.74) is 3.96. The molecule has 7 heteroatoms. The number of aliphatic carboxylic acids is 2. The molecule has 28 heavy (non-hydrogen) atoms. The van der Waals surface area contributed by atoms with E-state index in [1.807, 2.05) is 6.07 Å². The zero-order chi connectivity index (χ0) is 20.5. The lowest BCUT2D eigenvalue weighted by molar-refractivity contribution is -0.134. The van der Waals surface area contributed by atoms with Gasteiger partial charge in [0.2, 0.25) is 0 Å². The molecule has 3 rings (SSSR count). The quantitative estimate of drug-likeness (QED) is 0.658. The van der Waals surface area contributed by atoms with Crippen LogP contribution in [0.25, 0.3) is 16.5 Å². The topological polar surface area (TPSA) is 103 Å². The van der Waals surface area contributed by atoms with Gasteiger partial charge in [0.15, 0.2) is 0 Å². The SMILES string of the molecule is CCCN1CC=C(c2c[nH]c3ccc(OC)cc23)CC1.O=C(O)/C=C/C(=O)O. The summed E-state index contributed by atoms with van der Waals surface area (Å²) in [5.74, 6) is -1.60. The lowest BCUT2D eigenvalue weighted by Crippen LogP contribution is -2.29. The molecule has 0 radical (unpaired) electrons. The number of methoxy groups -OCH3 is 1. The highest BCUT2D eigenvalue weighted by atomic mass is 16.5. The monoisotopic (exact) mass is 386 g/mol. The number of aromatic amines is 1. The zero-order valence-electron chi connectivity index (χ0n) is 16.1. The van der Waals surface area contributed by atoms with Crippen molar-refractivity contribution in [3.05, 3.63) is 48.2 Å². The van der Waals surface area contributed by atoms with E-state index in [0.717, 1.165) is 25.3 Å². The average Bonchev–Trinajstić information content (AvgIpc) is 3.11. The van der Waals surface area contributed by atoms with Gasteiger partial charge in [-0.25, -0.2) is 9.59 Å². The van der Waals surface area contributed by atoms with Crippen molar-refractivity contribution >= 4 is 28.4 Å². The van der Waals surface area contributed by atoms with Gasteiger partial charge in [0.25, 0.3) is 0 Å². The highest BCUT2D eigenvalue weighted by molar-refractivity contribution is 5.93. The number of H-pyrrole nitrogens is 1. The van der Waals surface area contributed by atoms with Crippen LogP contribution in [0.3, 0.4) is 0 Å². The Labute approximate surface area is 163 Å². The Balaban J connectivity index is 0.000000300. The minimum absolute atomic E-state index is 0.558. The number of carbonyl (C=O) groups is 2. The Morgan fingerprint density at radius 2 is 1.96 bits per heavy atom. The highest BCUT2D eigenvalue weighted by Gasteiger charge is 2.15. The van der Waals surface area contributed by atoms with Crippen molar-refractivity contribution in [2.75, 3.05) is 26.7 Å². The number of nitrogens with one attached hydrogen (secondary N) is 1. The van der Waals surface area contributed by atoms with E-state index in [9.17, 15) is 9.59 Å². The van der Waals surface area contributed by atoms with E-state index in [4.69, 9.17) is 14.9 Å². The van der Waals surface area contributed by atoms with E-state index >= 15 is 0 Å². The third kappa shape index (κ3) is 5.99. The summed E-state index contributed by atoms with van der Waals surface area (Å²) in [6.45, 7) is 5.67. The van der Waals surface area contributed by atoms with Crippen molar-refractivity contribution in [1.82, 2.24) is 9.88 Å². The summed E-state index contributed by atoms with van der Waals surface area (Å²) in [4.78, 5) is 25.0. The first-order valence-corrected chi connectivity index (χ1v) is 9.15. The summed E-state index contributed by atoms with van der Waals surface area (Å²) in [6.07, 6.45) is 7.98. The molecule has 0 fully saturated rings. The van der Waals surface area contributed by atoms with Gasteiger partial charge in [-0.3, -0.25) is 4.90 Å². The third-order valence-electron chi connectivity index (χ3n) is 4.44. The molecule has 0 amide bonds. The predicted octanol–water partition coefficient (Wildman–Crippen LogP) is 3.39. The van der Waals surface area contributed by atoms with Gasteiger partial charge in [-0.2, -0.15) is 0 Å². The summed E-state index contributed by atoms with van der Waals surface area (Å²) in [6, 6.07) is 6.21. The molecular weight excluding hydrogens is 360 g/mol. The van der Waals surface area contributed by atoms with Crippen LogP contribution in [0.1, 0.15) is 25.3 Å². The molecule has 0 bridgehead atoms. The largest absolute Gasteiger partial charge is 0.497 e. The highest BCUT2D eigenvalue weighted by Crippen LogP contribution is 2.31. The van der Waals surface area contributed by atoms with Crippen molar-refractivity contribution in [2.24, 2.45) is 0 Å². The molecule has 0 atom stereocenters. The van der Waals surface area contributed by atoms with Crippen molar-refractivity contribution in [2.45, 2.75) is 19.8 Å². The first-order chi connectivity index (χ1) is 13.4. The molecule has 1 aromatic heterocycles. The second-order valence-electron chi connectivity index (χ2n) is 6.40. The molecule has 0 aliphatic carbocycles. The molecule has 3 N–H and O–H groups in total. The molecule has 1 aliphatic heterocycles. The third-order valence-corrected chi connectivity index (χ3v) is 4.44. The maximum absolute atomic E-state index is 9.55. The van der Waals surface area contributed by atoms with E-state index in [2.05, 4.69) is 41.2 Å². The van der Waals surface area contributed by atoms with Gasteiger partial charge >= 0.3 is 11.9 Å². The fraction of sp³-hybridized carbons (Fsp3) is 0.333. The molecule has 150 valence electrons. The van der Waals surface area contributed by atoms with Crippen LogP contribution < -0.4 is 4.74 Å². The summed E-state index contributed by atoms with van der Waals surface area (Å²) in [5, 5.41) is 16.9. The average molecular weight is 386 g/mol. The lowest BCUT2D eigenvalue weighted by atomic mass is 9.99. The van der Waals surface area contributed by atoms with Crippen molar-refractivity contribution in [3.63, 3.8) is 0 Å². The summed E-state index contributed by atoms with van der Waals surface area (Å²) < 4.78 is 5.34. The van der Waals surface area contributed by atoms with E-state index in [-0.39, 0.29) is 0 Å². The van der Waals surface area contributed by atoms with Gasteiger partial charge in [-0.15, -0.1) is 0 Å². The van der Waals surface area contributed by atoms with Crippen LogP contribution in [-0.2, 0) is 9.59 Å². The Hall–Kier alpha value is -3.06. The Morgan fingerprint density at radius 3 is 2.50 bits per heavy atom. The van der Waals surface area contributed by atoms with Crippen LogP contribution in [0.4, 0.5) is 0 Å². The molecule has 0 unspecified atom stereocenters. The van der Waals surface area contributed by atoms with E-state index in [1.54, 1.807) is 7.11 Å². The first-order valence-electron chi connectivity index (χ1n) is 9.15. The van der Waals surface area contributed by atoms with Crippen LogP contribution in [0.5, 0.6) is 5.75 Å². The number of fused-ring (bicyclic) bond motifs is 1. The lowest BCUT2D eigenvalue weighted by Gasteiger charge is -2.25. The second kappa shape index (κ2) is 10.3. The van der Waals surface area contributed by atoms with Gasteiger partial charge in [0.05, 0.1) is 7.11 Å². The van der Waals surface area contributed by atoms with Crippen molar-refractivity contribution < 1.29 is 24.5 Å². The zero-order valence-corrected chi connectivity index (χ0v) is 16.1. The minimum atomic E-state index is -1.26. The number of benzene rings is 1. The van der Waals surface area contributed by atoms with E-state index < -0.39 is 11.9 Å². The van der Waals surface area contributed by atoms with E-state index in [1.165, 1.54) is 35.0 Å². The molecular formula is C21H26N2O5. The molecule has 2 aromatic rings. The van der Waals surface area contributed by atoms with Crippen LogP contribution in [0.2, 0.25) is 0 Å². The summed E-state index contributed by atoms with van der Waals surface area (Å²) in [7, 11) is 1.72. The molecule has 2 heterocycles. The van der Waals surface area contributed by atoms with Crippen LogP contribution in [-0.4, -0.2) is 58.8 Å². The predicted molar refractivity (Wildman–Crippen MR) is 109 cm³/mol. The molecule has 7 nitrogen and oxygen atoms in total. The second-order valence-corrected chi connectivity index (χ2v) is 6.40. The van der Waals surface area contributed by atoms with Crippen LogP contribution in [0, 0.1) is 0 Å². The Bertz CT molecular complexity index is 866. The van der Waals surface area contributed by atoms with E-state index in [0.29, 0.717) is 12.2 Å². The summed E-state index contributed by atoms with van der Waals surface area (Å²) >= 11 is 0. The van der Waals surface area contributed by atoms with Gasteiger partial charge in [0, 0.05) is 47.9 Å². The molecule has 0 saturated heterocycles. The molecule has 1 aliphatic rings. The van der Waals surface area contributed by atoms with Crippen LogP contribution in [0.15, 0.2) is 42.6 Å². The fourth-order valence-corrected chi connectivity index (χ4v) is 3.11. The minimum Gasteiger partial charge on any atom is -0.497 e. The Kier molecular flexibility index (Phi) is 7.83. The number of hydrogen-bond donors (Lipinski definition) is 3. The number of aromatic nitrogens is 1. The maximum Gasteiger partial charge on any atom is 0.328 e. The normalized spacial score (nSPS) is 14.4. The number of hydrogen-bond acceptors (Lipinski definition) is 4.